The van der Waals surface area contributed by atoms with Crippen LogP contribution < -0.4 is 0 Å². The first kappa shape index (κ1) is 13.5. The number of carbonyl (C=O) groups excluding carboxylic acids is 1. The number of aliphatic hydroxyl groups excluding tert-OH is 1. The minimum absolute atomic E-state index is 0.0206. The van der Waals surface area contributed by atoms with Crippen molar-refractivity contribution in [1.29, 1.82) is 0 Å². The maximum absolute atomic E-state index is 12.3. The Morgan fingerprint density at radius 3 is 2.84 bits per heavy atom. The zero-order chi connectivity index (χ0) is 14.0. The van der Waals surface area contributed by atoms with Gasteiger partial charge < -0.3 is 10.0 Å². The van der Waals surface area contributed by atoms with Gasteiger partial charge in [0.1, 0.15) is 0 Å². The van der Waals surface area contributed by atoms with Crippen molar-refractivity contribution in [2.45, 2.75) is 25.9 Å². The number of benzene rings is 1. The average molecular weight is 264 g/mol. The molecule has 0 spiro atoms. The van der Waals surface area contributed by atoms with E-state index in [1.165, 1.54) is 18.2 Å². The number of amides is 1. The Morgan fingerprint density at radius 2 is 2.26 bits per heavy atom. The van der Waals surface area contributed by atoms with Crippen molar-refractivity contribution >= 4 is 11.6 Å². The van der Waals surface area contributed by atoms with Gasteiger partial charge in [-0.3, -0.25) is 14.9 Å². The summed E-state index contributed by atoms with van der Waals surface area (Å²) < 4.78 is 0. The van der Waals surface area contributed by atoms with Crippen LogP contribution in [0, 0.1) is 17.0 Å². The Hall–Kier alpha value is -1.95. The molecule has 1 amide bonds. The lowest BCUT2D eigenvalue weighted by Crippen LogP contribution is -2.42. The van der Waals surface area contributed by atoms with Crippen molar-refractivity contribution < 1.29 is 14.8 Å². The first-order valence-electron chi connectivity index (χ1n) is 6.21. The third-order valence-electron chi connectivity index (χ3n) is 3.33. The number of nitro groups is 1. The van der Waals surface area contributed by atoms with Gasteiger partial charge in [0.2, 0.25) is 0 Å². The number of rotatable bonds is 2. The van der Waals surface area contributed by atoms with Crippen LogP contribution in [-0.4, -0.2) is 40.0 Å². The Labute approximate surface area is 110 Å². The predicted molar refractivity (Wildman–Crippen MR) is 69.0 cm³/mol. The molecule has 0 aliphatic carbocycles. The van der Waals surface area contributed by atoms with E-state index in [4.69, 9.17) is 0 Å². The maximum atomic E-state index is 12.3. The van der Waals surface area contributed by atoms with Crippen LogP contribution in [0.25, 0.3) is 0 Å². The summed E-state index contributed by atoms with van der Waals surface area (Å²) in [5.41, 5.74) is 1.02. The molecular formula is C13H16N2O4. The molecular weight excluding hydrogens is 248 g/mol. The Balaban J connectivity index is 2.21. The number of β-amino-alcohol motifs (C(OH)–C–C–N with tert-alkyl or cyclic N) is 1. The normalized spacial score (nSPS) is 19.3. The van der Waals surface area contributed by atoms with E-state index in [1.54, 1.807) is 11.8 Å². The summed E-state index contributed by atoms with van der Waals surface area (Å²) in [5.74, 6) is -0.175. The molecule has 1 saturated heterocycles. The highest BCUT2D eigenvalue weighted by atomic mass is 16.6. The molecule has 1 atom stereocenters. The summed E-state index contributed by atoms with van der Waals surface area (Å²) in [7, 11) is 0. The number of hydrogen-bond donors (Lipinski definition) is 1. The third kappa shape index (κ3) is 2.90. The molecule has 0 aromatic heterocycles. The Morgan fingerprint density at radius 1 is 1.53 bits per heavy atom. The standard InChI is InChI=1S/C13H16N2O4/c1-9-7-10(15(18)19)4-5-12(9)13(17)14-6-2-3-11(16)8-14/h4-5,7,11,16H,2-3,6,8H2,1H3. The van der Waals surface area contributed by atoms with Crippen LogP contribution in [0.15, 0.2) is 18.2 Å². The lowest BCUT2D eigenvalue weighted by molar-refractivity contribution is -0.384. The number of likely N-dealkylation sites (tertiary alicyclic amines) is 1. The molecule has 6 heteroatoms. The average Bonchev–Trinajstić information content (AvgIpc) is 2.37. The lowest BCUT2D eigenvalue weighted by atomic mass is 10.0. The summed E-state index contributed by atoms with van der Waals surface area (Å²) in [4.78, 5) is 24.1. The second-order valence-electron chi connectivity index (χ2n) is 4.80. The quantitative estimate of drug-likeness (QED) is 0.648. The van der Waals surface area contributed by atoms with Crippen LogP contribution in [0.1, 0.15) is 28.8 Å². The monoisotopic (exact) mass is 264 g/mol. The van der Waals surface area contributed by atoms with E-state index in [0.29, 0.717) is 30.6 Å². The smallest absolute Gasteiger partial charge is 0.269 e. The lowest BCUT2D eigenvalue weighted by Gasteiger charge is -2.30. The van der Waals surface area contributed by atoms with E-state index >= 15 is 0 Å². The summed E-state index contributed by atoms with van der Waals surface area (Å²) >= 11 is 0. The van der Waals surface area contributed by atoms with E-state index in [1.807, 2.05) is 0 Å². The molecule has 1 aliphatic rings. The zero-order valence-corrected chi connectivity index (χ0v) is 10.7. The fourth-order valence-electron chi connectivity index (χ4n) is 2.31. The molecule has 1 fully saturated rings. The number of aryl methyl sites for hydroxylation is 1. The highest BCUT2D eigenvalue weighted by molar-refractivity contribution is 5.96. The summed E-state index contributed by atoms with van der Waals surface area (Å²) in [6, 6.07) is 4.21. The van der Waals surface area contributed by atoms with Crippen molar-refractivity contribution in [3.05, 3.63) is 39.4 Å². The molecule has 1 unspecified atom stereocenters. The van der Waals surface area contributed by atoms with Crippen LogP contribution in [-0.2, 0) is 0 Å². The van der Waals surface area contributed by atoms with Crippen molar-refractivity contribution in [2.75, 3.05) is 13.1 Å². The predicted octanol–water partition coefficient (Wildman–Crippen LogP) is 1.50. The topological polar surface area (TPSA) is 83.7 Å². The summed E-state index contributed by atoms with van der Waals surface area (Å²) in [6.45, 7) is 2.63. The van der Waals surface area contributed by atoms with E-state index in [0.717, 1.165) is 6.42 Å². The van der Waals surface area contributed by atoms with Gasteiger partial charge in [-0.05, 0) is 31.4 Å². The molecule has 2 rings (SSSR count). The number of nitrogens with zero attached hydrogens (tertiary/aromatic N) is 2. The fraction of sp³-hybridized carbons (Fsp3) is 0.462. The van der Waals surface area contributed by atoms with Crippen molar-refractivity contribution in [1.82, 2.24) is 4.90 Å². The first-order valence-corrected chi connectivity index (χ1v) is 6.21. The van der Waals surface area contributed by atoms with Gasteiger partial charge in [0.05, 0.1) is 11.0 Å². The van der Waals surface area contributed by atoms with Gasteiger partial charge in [-0.25, -0.2) is 0 Å². The minimum Gasteiger partial charge on any atom is -0.391 e. The molecule has 6 nitrogen and oxygen atoms in total. The second-order valence-corrected chi connectivity index (χ2v) is 4.80. The molecule has 1 aliphatic heterocycles. The van der Waals surface area contributed by atoms with Gasteiger partial charge in [-0.15, -0.1) is 0 Å². The number of piperidine rings is 1. The van der Waals surface area contributed by atoms with E-state index in [-0.39, 0.29) is 11.6 Å². The molecule has 1 N–H and O–H groups in total. The number of non-ortho nitro benzene ring substituents is 1. The largest absolute Gasteiger partial charge is 0.391 e. The molecule has 1 aromatic rings. The van der Waals surface area contributed by atoms with Crippen LogP contribution in [0.3, 0.4) is 0 Å². The Kier molecular flexibility index (Phi) is 3.80. The van der Waals surface area contributed by atoms with E-state index < -0.39 is 11.0 Å². The summed E-state index contributed by atoms with van der Waals surface area (Å²) in [5, 5.41) is 20.2. The molecule has 0 saturated carbocycles. The van der Waals surface area contributed by atoms with Gasteiger partial charge >= 0.3 is 0 Å². The Bertz CT molecular complexity index is 515. The minimum atomic E-state index is -0.480. The molecule has 0 bridgehead atoms. The number of hydrogen-bond acceptors (Lipinski definition) is 4. The molecule has 0 radical (unpaired) electrons. The first-order chi connectivity index (χ1) is 8.99. The van der Waals surface area contributed by atoms with E-state index in [2.05, 4.69) is 0 Å². The van der Waals surface area contributed by atoms with Crippen molar-refractivity contribution in [3.63, 3.8) is 0 Å². The molecule has 102 valence electrons. The van der Waals surface area contributed by atoms with Crippen LogP contribution >= 0.6 is 0 Å². The zero-order valence-electron chi connectivity index (χ0n) is 10.7. The highest BCUT2D eigenvalue weighted by Crippen LogP contribution is 2.20. The SMILES string of the molecule is Cc1cc([N+](=O)[O-])ccc1C(=O)N1CCCC(O)C1. The van der Waals surface area contributed by atoms with Crippen LogP contribution in [0.5, 0.6) is 0 Å². The molecule has 19 heavy (non-hydrogen) atoms. The number of carbonyl (C=O) groups is 1. The second kappa shape index (κ2) is 5.36. The molecule has 1 aromatic carbocycles. The number of aliphatic hydroxyl groups is 1. The van der Waals surface area contributed by atoms with Crippen LogP contribution in [0.4, 0.5) is 5.69 Å². The number of nitro benzene ring substituents is 1. The van der Waals surface area contributed by atoms with E-state index in [9.17, 15) is 20.0 Å². The summed E-state index contributed by atoms with van der Waals surface area (Å²) in [6.07, 6.45) is 1.01. The van der Waals surface area contributed by atoms with Gasteiger partial charge in [0.15, 0.2) is 0 Å². The fourth-order valence-corrected chi connectivity index (χ4v) is 2.31. The highest BCUT2D eigenvalue weighted by Gasteiger charge is 2.24. The van der Waals surface area contributed by atoms with Gasteiger partial charge in [-0.2, -0.15) is 0 Å². The van der Waals surface area contributed by atoms with Gasteiger partial charge in [0, 0.05) is 30.8 Å². The van der Waals surface area contributed by atoms with Gasteiger partial charge in [-0.1, -0.05) is 0 Å². The maximum Gasteiger partial charge on any atom is 0.269 e. The van der Waals surface area contributed by atoms with Crippen molar-refractivity contribution in [3.8, 4) is 0 Å². The molecule has 1 heterocycles. The van der Waals surface area contributed by atoms with Gasteiger partial charge in [0.25, 0.3) is 11.6 Å². The third-order valence-corrected chi connectivity index (χ3v) is 3.33. The van der Waals surface area contributed by atoms with Crippen LogP contribution in [0.2, 0.25) is 0 Å². The van der Waals surface area contributed by atoms with Crippen molar-refractivity contribution in [2.24, 2.45) is 0 Å².